The summed E-state index contributed by atoms with van der Waals surface area (Å²) >= 11 is -1.76. The van der Waals surface area contributed by atoms with Gasteiger partial charge in [0.1, 0.15) is 11.5 Å². The SMILES string of the molecule is COc1ccc(C2CN(c3cccc(NS(=O)Oc4cc(C)ccc4C)c3)NC2=O)cc1. The minimum Gasteiger partial charge on any atom is -0.497 e. The summed E-state index contributed by atoms with van der Waals surface area (Å²) in [5.41, 5.74) is 7.16. The van der Waals surface area contributed by atoms with Gasteiger partial charge in [0, 0.05) is 0 Å². The number of hydrazine groups is 1. The summed E-state index contributed by atoms with van der Waals surface area (Å²) in [6.07, 6.45) is 0. The van der Waals surface area contributed by atoms with Crippen LogP contribution in [0.25, 0.3) is 0 Å². The van der Waals surface area contributed by atoms with E-state index in [9.17, 15) is 9.00 Å². The second kappa shape index (κ2) is 9.32. The molecular formula is C24H25N3O4S. The molecule has 1 aliphatic rings. The normalized spacial score (nSPS) is 16.4. The molecule has 7 nitrogen and oxygen atoms in total. The molecule has 0 bridgehead atoms. The van der Waals surface area contributed by atoms with E-state index in [-0.39, 0.29) is 11.8 Å². The van der Waals surface area contributed by atoms with Crippen molar-refractivity contribution in [3.63, 3.8) is 0 Å². The van der Waals surface area contributed by atoms with Gasteiger partial charge >= 0.3 is 11.3 Å². The molecule has 4 rings (SSSR count). The molecule has 0 aromatic heterocycles. The third kappa shape index (κ3) is 4.86. The molecule has 0 spiro atoms. The van der Waals surface area contributed by atoms with Gasteiger partial charge in [-0.25, -0.2) is 0 Å². The van der Waals surface area contributed by atoms with Crippen LogP contribution in [-0.2, 0) is 16.1 Å². The predicted octanol–water partition coefficient (Wildman–Crippen LogP) is 4.02. The zero-order chi connectivity index (χ0) is 22.7. The second-order valence-electron chi connectivity index (χ2n) is 7.65. The molecule has 2 atom stereocenters. The predicted molar refractivity (Wildman–Crippen MR) is 126 cm³/mol. The molecule has 1 saturated heterocycles. The Morgan fingerprint density at radius 1 is 1.06 bits per heavy atom. The van der Waals surface area contributed by atoms with E-state index in [2.05, 4.69) is 10.1 Å². The smallest absolute Gasteiger partial charge is 0.316 e. The third-order valence-electron chi connectivity index (χ3n) is 5.31. The molecular weight excluding hydrogens is 426 g/mol. The third-order valence-corrected chi connectivity index (χ3v) is 6.05. The van der Waals surface area contributed by atoms with E-state index in [1.807, 2.05) is 74.5 Å². The number of aryl methyl sites for hydroxylation is 2. The Balaban J connectivity index is 1.44. The first-order chi connectivity index (χ1) is 15.4. The Labute approximate surface area is 190 Å². The van der Waals surface area contributed by atoms with Crippen LogP contribution in [-0.4, -0.2) is 23.8 Å². The van der Waals surface area contributed by atoms with Crippen molar-refractivity contribution in [1.29, 1.82) is 0 Å². The molecule has 3 aromatic rings. The molecule has 2 unspecified atom stereocenters. The monoisotopic (exact) mass is 451 g/mol. The highest BCUT2D eigenvalue weighted by molar-refractivity contribution is 7.81. The fourth-order valence-electron chi connectivity index (χ4n) is 3.52. The van der Waals surface area contributed by atoms with Gasteiger partial charge in [0.2, 0.25) is 5.91 Å². The molecule has 1 aliphatic heterocycles. The molecule has 0 radical (unpaired) electrons. The summed E-state index contributed by atoms with van der Waals surface area (Å²) in [5, 5.41) is 1.79. The fourth-order valence-corrected chi connectivity index (χ4v) is 4.22. The van der Waals surface area contributed by atoms with Gasteiger partial charge in [-0.15, -0.1) is 0 Å². The molecule has 8 heteroatoms. The van der Waals surface area contributed by atoms with Gasteiger partial charge in [0.05, 0.1) is 30.9 Å². The van der Waals surface area contributed by atoms with Crippen LogP contribution in [0, 0.1) is 13.8 Å². The summed E-state index contributed by atoms with van der Waals surface area (Å²) in [6.45, 7) is 4.34. The van der Waals surface area contributed by atoms with Crippen LogP contribution in [0.2, 0.25) is 0 Å². The molecule has 1 fully saturated rings. The number of ether oxygens (including phenoxy) is 1. The lowest BCUT2D eigenvalue weighted by Gasteiger charge is -2.18. The highest BCUT2D eigenvalue weighted by Crippen LogP contribution is 2.29. The Morgan fingerprint density at radius 2 is 1.84 bits per heavy atom. The summed E-state index contributed by atoms with van der Waals surface area (Å²) in [5.74, 6) is 0.953. The number of carbonyl (C=O) groups excluding carboxylic acids is 1. The minimum absolute atomic E-state index is 0.0737. The van der Waals surface area contributed by atoms with E-state index in [0.717, 1.165) is 28.1 Å². The van der Waals surface area contributed by atoms with Crippen molar-refractivity contribution in [2.45, 2.75) is 19.8 Å². The van der Waals surface area contributed by atoms with Gasteiger partial charge in [-0.1, -0.05) is 30.3 Å². The number of nitrogens with zero attached hydrogens (tertiary/aromatic N) is 1. The number of methoxy groups -OCH3 is 1. The molecule has 32 heavy (non-hydrogen) atoms. The average Bonchev–Trinajstić information content (AvgIpc) is 3.18. The summed E-state index contributed by atoms with van der Waals surface area (Å²) < 4.78 is 26.1. The number of anilines is 2. The molecule has 3 aromatic carbocycles. The van der Waals surface area contributed by atoms with Crippen LogP contribution >= 0.6 is 0 Å². The van der Waals surface area contributed by atoms with Crippen molar-refractivity contribution in [1.82, 2.24) is 5.43 Å². The Morgan fingerprint density at radius 3 is 2.59 bits per heavy atom. The minimum atomic E-state index is -1.76. The van der Waals surface area contributed by atoms with E-state index in [4.69, 9.17) is 8.92 Å². The second-order valence-corrected chi connectivity index (χ2v) is 8.49. The van der Waals surface area contributed by atoms with Gasteiger partial charge in [0.25, 0.3) is 0 Å². The van der Waals surface area contributed by atoms with Crippen molar-refractivity contribution in [2.24, 2.45) is 0 Å². The van der Waals surface area contributed by atoms with Crippen LogP contribution in [0.5, 0.6) is 11.5 Å². The summed E-state index contributed by atoms with van der Waals surface area (Å²) in [4.78, 5) is 12.6. The van der Waals surface area contributed by atoms with Gasteiger partial charge in [-0.2, -0.15) is 4.21 Å². The summed E-state index contributed by atoms with van der Waals surface area (Å²) in [7, 11) is 1.61. The van der Waals surface area contributed by atoms with Gasteiger partial charge in [-0.05, 0) is 66.9 Å². The Kier molecular flexibility index (Phi) is 6.32. The number of nitrogens with one attached hydrogen (secondary N) is 2. The van der Waals surface area contributed by atoms with E-state index in [0.29, 0.717) is 18.0 Å². The fraction of sp³-hybridized carbons (Fsp3) is 0.208. The first-order valence-electron chi connectivity index (χ1n) is 10.2. The lowest BCUT2D eigenvalue weighted by atomic mass is 9.99. The average molecular weight is 452 g/mol. The van der Waals surface area contributed by atoms with Gasteiger partial charge in [-0.3, -0.25) is 20.0 Å². The molecule has 1 heterocycles. The maximum absolute atomic E-state index is 12.6. The quantitative estimate of drug-likeness (QED) is 0.567. The van der Waals surface area contributed by atoms with Crippen LogP contribution < -0.4 is 24.1 Å². The maximum atomic E-state index is 12.6. The van der Waals surface area contributed by atoms with E-state index < -0.39 is 11.3 Å². The van der Waals surface area contributed by atoms with Crippen LogP contribution in [0.1, 0.15) is 22.6 Å². The number of amides is 1. The number of hydrogen-bond acceptors (Lipinski definition) is 5. The number of rotatable bonds is 7. The zero-order valence-corrected chi connectivity index (χ0v) is 18.9. The molecule has 2 N–H and O–H groups in total. The van der Waals surface area contributed by atoms with Crippen molar-refractivity contribution in [2.75, 3.05) is 23.4 Å². The van der Waals surface area contributed by atoms with Gasteiger partial charge < -0.3 is 8.92 Å². The molecule has 166 valence electrons. The first kappa shape index (κ1) is 21.7. The van der Waals surface area contributed by atoms with Gasteiger partial charge in [0.15, 0.2) is 0 Å². The number of hydrogen-bond donors (Lipinski definition) is 2. The molecule has 0 saturated carbocycles. The van der Waals surface area contributed by atoms with Crippen LogP contribution in [0.4, 0.5) is 11.4 Å². The Bertz CT molecular complexity index is 1150. The highest BCUT2D eigenvalue weighted by atomic mass is 32.2. The zero-order valence-electron chi connectivity index (χ0n) is 18.1. The largest absolute Gasteiger partial charge is 0.497 e. The van der Waals surface area contributed by atoms with E-state index in [1.165, 1.54) is 0 Å². The van der Waals surface area contributed by atoms with Crippen molar-refractivity contribution < 1.29 is 17.9 Å². The maximum Gasteiger partial charge on any atom is 0.316 e. The van der Waals surface area contributed by atoms with E-state index >= 15 is 0 Å². The topological polar surface area (TPSA) is 79.9 Å². The highest BCUT2D eigenvalue weighted by Gasteiger charge is 2.32. The van der Waals surface area contributed by atoms with Crippen molar-refractivity contribution >= 4 is 28.5 Å². The van der Waals surface area contributed by atoms with Crippen LogP contribution in [0.3, 0.4) is 0 Å². The standard InChI is InChI=1S/C24H25N3O4S/c1-16-7-8-17(2)23(13-16)31-32(29)26-19-5-4-6-20(14-19)27-15-22(24(28)25-27)18-9-11-21(30-3)12-10-18/h4-14,22,26H,15H2,1-3H3,(H,25,28). The number of benzene rings is 3. The van der Waals surface area contributed by atoms with Crippen LogP contribution in [0.15, 0.2) is 66.7 Å². The Hall–Kier alpha value is -3.52. The first-order valence-corrected chi connectivity index (χ1v) is 11.3. The molecule has 1 amide bonds. The molecule has 0 aliphatic carbocycles. The van der Waals surface area contributed by atoms with E-state index in [1.54, 1.807) is 18.2 Å². The van der Waals surface area contributed by atoms with Crippen molar-refractivity contribution in [3.8, 4) is 11.5 Å². The number of carbonyl (C=O) groups is 1. The lowest BCUT2D eigenvalue weighted by molar-refractivity contribution is -0.120. The van der Waals surface area contributed by atoms with Crippen molar-refractivity contribution in [3.05, 3.63) is 83.4 Å². The summed E-state index contributed by atoms with van der Waals surface area (Å²) in [6, 6.07) is 20.6. The lowest BCUT2D eigenvalue weighted by Crippen LogP contribution is -2.32.